The van der Waals surface area contributed by atoms with Gasteiger partial charge in [-0.2, -0.15) is 0 Å². The van der Waals surface area contributed by atoms with Crippen LogP contribution in [-0.2, 0) is 10.4 Å². The highest BCUT2D eigenvalue weighted by atomic mass is 32.3. The Morgan fingerprint density at radius 2 is 1.38 bits per heavy atom. The first-order chi connectivity index (χ1) is 6.86. The van der Waals surface area contributed by atoms with Crippen LogP contribution in [0.25, 0.3) is 0 Å². The number of likely N-dealkylation sites (tertiary alicyclic amines) is 1. The fourth-order valence-electron chi connectivity index (χ4n) is 2.26. The van der Waals surface area contributed by atoms with Crippen LogP contribution in [0.2, 0.25) is 0 Å². The molecule has 1 aliphatic heterocycles. The van der Waals surface area contributed by atoms with Crippen molar-refractivity contribution < 1.29 is 22.4 Å². The third kappa shape index (κ3) is 5.79. The first-order valence-corrected chi connectivity index (χ1v) is 6.75. The van der Waals surface area contributed by atoms with Crippen molar-refractivity contribution in [1.29, 1.82) is 0 Å². The molecule has 0 spiro atoms. The lowest BCUT2D eigenvalue weighted by Gasteiger charge is -2.47. The van der Waals surface area contributed by atoms with Crippen molar-refractivity contribution in [3.8, 4) is 0 Å². The molecule has 0 amide bonds. The summed E-state index contributed by atoms with van der Waals surface area (Å²) in [5.74, 6) is 0. The van der Waals surface area contributed by atoms with E-state index in [0.717, 1.165) is 0 Å². The topological polar surface area (TPSA) is 81.9 Å². The van der Waals surface area contributed by atoms with Gasteiger partial charge >= 0.3 is 0 Å². The molecule has 1 fully saturated rings. The lowest BCUT2D eigenvalue weighted by Crippen LogP contribution is -3.24. The predicted octanol–water partition coefficient (Wildman–Crippen LogP) is 0.247. The van der Waals surface area contributed by atoms with Gasteiger partial charge < -0.3 is 9.45 Å². The normalized spacial score (nSPS) is 24.4. The summed E-state index contributed by atoms with van der Waals surface area (Å²) in [5, 5.41) is 0. The van der Waals surface area contributed by atoms with Gasteiger partial charge in [-0.1, -0.05) is 0 Å². The van der Waals surface area contributed by atoms with E-state index in [-0.39, 0.29) is 0 Å². The van der Waals surface area contributed by atoms with Crippen molar-refractivity contribution in [3.05, 3.63) is 0 Å². The summed E-state index contributed by atoms with van der Waals surface area (Å²) < 4.78 is 32.8. The standard InChI is InChI=1S/C10H21N.H2O4S/c1-9(2)7-6-8-10(3,4)11(9)5;1-5(2,3)4/h6-8H2,1-5H3;(H2,1,2,3,4). The molecule has 0 radical (unpaired) electrons. The molecule has 5 nitrogen and oxygen atoms in total. The van der Waals surface area contributed by atoms with Crippen LogP contribution in [0.1, 0.15) is 47.0 Å². The SMILES string of the molecule is C[NH+]1C(C)(C)CCCC1(C)C.O=S(=O)([O-])O. The van der Waals surface area contributed by atoms with Gasteiger partial charge in [0.15, 0.2) is 0 Å². The lowest BCUT2D eigenvalue weighted by atomic mass is 9.80. The van der Waals surface area contributed by atoms with Crippen LogP contribution in [-0.4, -0.2) is 35.6 Å². The fourth-order valence-corrected chi connectivity index (χ4v) is 2.26. The molecule has 1 saturated heterocycles. The van der Waals surface area contributed by atoms with Gasteiger partial charge in [0.1, 0.15) is 0 Å². The van der Waals surface area contributed by atoms with Crippen LogP contribution in [0, 0.1) is 0 Å². The van der Waals surface area contributed by atoms with Crippen LogP contribution >= 0.6 is 0 Å². The van der Waals surface area contributed by atoms with Crippen molar-refractivity contribution in [2.24, 2.45) is 0 Å². The van der Waals surface area contributed by atoms with Gasteiger partial charge in [-0.25, -0.2) is 8.42 Å². The molecule has 0 aromatic heterocycles. The minimum absolute atomic E-state index is 0.488. The zero-order valence-electron chi connectivity index (χ0n) is 10.7. The van der Waals surface area contributed by atoms with E-state index >= 15 is 0 Å². The third-order valence-corrected chi connectivity index (χ3v) is 3.63. The first-order valence-electron chi connectivity index (χ1n) is 5.39. The molecular formula is C10H23NO4S. The van der Waals surface area contributed by atoms with Crippen molar-refractivity contribution >= 4 is 10.4 Å². The summed E-state index contributed by atoms with van der Waals surface area (Å²) in [7, 11) is -2.58. The van der Waals surface area contributed by atoms with Gasteiger partial charge in [0.2, 0.25) is 10.4 Å². The van der Waals surface area contributed by atoms with Crippen LogP contribution in [0.15, 0.2) is 0 Å². The average Bonchev–Trinajstić information content (AvgIpc) is 1.96. The number of rotatable bonds is 0. The van der Waals surface area contributed by atoms with E-state index in [4.69, 9.17) is 17.5 Å². The molecule has 0 saturated carbocycles. The van der Waals surface area contributed by atoms with Crippen LogP contribution < -0.4 is 4.90 Å². The zero-order chi connectivity index (χ0) is 13.2. The molecule has 1 aliphatic rings. The third-order valence-electron chi connectivity index (χ3n) is 3.63. The molecule has 98 valence electrons. The van der Waals surface area contributed by atoms with Gasteiger partial charge in [0.25, 0.3) is 0 Å². The Labute approximate surface area is 98.4 Å². The van der Waals surface area contributed by atoms with Crippen molar-refractivity contribution in [2.75, 3.05) is 7.05 Å². The Kier molecular flexibility index (Phi) is 4.94. The lowest BCUT2D eigenvalue weighted by molar-refractivity contribution is -0.982. The van der Waals surface area contributed by atoms with E-state index in [1.54, 1.807) is 4.90 Å². The highest BCUT2D eigenvalue weighted by Gasteiger charge is 2.42. The van der Waals surface area contributed by atoms with Crippen molar-refractivity contribution in [2.45, 2.75) is 58.0 Å². The maximum Gasteiger partial charge on any atom is 0.215 e. The van der Waals surface area contributed by atoms with Crippen molar-refractivity contribution in [3.63, 3.8) is 0 Å². The Balaban J connectivity index is 0.000000385. The quantitative estimate of drug-likeness (QED) is 0.479. The fraction of sp³-hybridized carbons (Fsp3) is 1.00. The van der Waals surface area contributed by atoms with Gasteiger partial charge in [-0.15, -0.1) is 0 Å². The molecule has 0 unspecified atom stereocenters. The van der Waals surface area contributed by atoms with Crippen LogP contribution in [0.4, 0.5) is 0 Å². The van der Waals surface area contributed by atoms with E-state index in [0.29, 0.717) is 11.1 Å². The minimum Gasteiger partial charge on any atom is -0.726 e. The smallest absolute Gasteiger partial charge is 0.215 e. The Morgan fingerprint density at radius 1 is 1.12 bits per heavy atom. The average molecular weight is 253 g/mol. The number of quaternary nitrogens is 1. The monoisotopic (exact) mass is 253 g/mol. The highest BCUT2D eigenvalue weighted by molar-refractivity contribution is 7.79. The van der Waals surface area contributed by atoms with E-state index in [1.165, 1.54) is 19.3 Å². The molecule has 1 heterocycles. The molecule has 2 N–H and O–H groups in total. The van der Waals surface area contributed by atoms with Gasteiger partial charge in [-0.3, -0.25) is 4.55 Å². The summed E-state index contributed by atoms with van der Waals surface area (Å²) in [6, 6.07) is 0. The summed E-state index contributed by atoms with van der Waals surface area (Å²) in [5.41, 5.74) is 0.976. The van der Waals surface area contributed by atoms with Crippen LogP contribution in [0.5, 0.6) is 0 Å². The largest absolute Gasteiger partial charge is 0.726 e. The van der Waals surface area contributed by atoms with E-state index < -0.39 is 10.4 Å². The van der Waals surface area contributed by atoms with Crippen LogP contribution in [0.3, 0.4) is 0 Å². The molecule has 0 bridgehead atoms. The maximum atomic E-state index is 8.63. The second-order valence-corrected chi connectivity index (χ2v) is 6.53. The zero-order valence-corrected chi connectivity index (χ0v) is 11.5. The van der Waals surface area contributed by atoms with Gasteiger partial charge in [0.05, 0.1) is 18.1 Å². The molecule has 0 atom stereocenters. The summed E-state index contributed by atoms with van der Waals surface area (Å²) in [6.45, 7) is 9.51. The van der Waals surface area contributed by atoms with Gasteiger partial charge in [0, 0.05) is 12.8 Å². The number of piperidine rings is 1. The summed E-state index contributed by atoms with van der Waals surface area (Å²) in [4.78, 5) is 1.69. The molecule has 6 heteroatoms. The molecular weight excluding hydrogens is 230 g/mol. The molecule has 1 rings (SSSR count). The minimum atomic E-state index is -4.92. The van der Waals surface area contributed by atoms with Crippen molar-refractivity contribution in [1.82, 2.24) is 0 Å². The number of nitrogens with one attached hydrogen (secondary N) is 1. The second-order valence-electron chi connectivity index (χ2n) is 5.67. The Hall–Kier alpha value is -0.170. The van der Waals surface area contributed by atoms with Gasteiger partial charge in [-0.05, 0) is 34.1 Å². The maximum absolute atomic E-state index is 8.63. The molecule has 0 aromatic carbocycles. The molecule has 16 heavy (non-hydrogen) atoms. The first kappa shape index (κ1) is 15.8. The summed E-state index contributed by atoms with van der Waals surface area (Å²) >= 11 is 0. The van der Waals surface area contributed by atoms with E-state index in [2.05, 4.69) is 34.7 Å². The number of hydrogen-bond acceptors (Lipinski definition) is 3. The highest BCUT2D eigenvalue weighted by Crippen LogP contribution is 2.22. The number of hydrogen-bond donors (Lipinski definition) is 2. The van der Waals surface area contributed by atoms with E-state index in [9.17, 15) is 0 Å². The second kappa shape index (κ2) is 5.00. The summed E-state index contributed by atoms with van der Waals surface area (Å²) in [6.07, 6.45) is 4.15. The molecule has 0 aromatic rings. The Bertz CT molecular complexity index is 298. The van der Waals surface area contributed by atoms with E-state index in [1.807, 2.05) is 0 Å². The predicted molar refractivity (Wildman–Crippen MR) is 61.2 cm³/mol. The Morgan fingerprint density at radius 3 is 1.56 bits per heavy atom. The molecule has 0 aliphatic carbocycles.